The Balaban J connectivity index is 1.86. The summed E-state index contributed by atoms with van der Waals surface area (Å²) in [6, 6.07) is 3.65. The molecule has 1 aromatic carbocycles. The maximum atomic E-state index is 13.3. The van der Waals surface area contributed by atoms with Gasteiger partial charge in [0.2, 0.25) is 0 Å². The Hall–Kier alpha value is -2.15. The molecule has 0 unspecified atom stereocenters. The molecule has 0 spiro atoms. The molecular formula is C14H18FN3O3. The number of halogens is 1. The number of likely N-dealkylation sites (N-methyl/N-ethyl adjacent to an activating group) is 1. The van der Waals surface area contributed by atoms with Gasteiger partial charge in [-0.2, -0.15) is 0 Å². The normalized spacial score (nSPS) is 15.8. The van der Waals surface area contributed by atoms with Crippen LogP contribution in [0.15, 0.2) is 18.2 Å². The molecule has 0 atom stereocenters. The molecule has 0 aromatic heterocycles. The number of nitrogens with two attached hydrogens (primary N) is 1. The number of ether oxygens (including phenoxy) is 1. The van der Waals surface area contributed by atoms with Crippen LogP contribution in [-0.2, 0) is 9.53 Å². The SMILES string of the molecule is CN1CCN(C(=O)COC(=O)c2ccc(N)c(F)c2)CC1. The van der Waals surface area contributed by atoms with Crippen LogP contribution in [-0.4, -0.2) is 61.5 Å². The highest BCUT2D eigenvalue weighted by Gasteiger charge is 2.20. The van der Waals surface area contributed by atoms with Crippen molar-refractivity contribution >= 4 is 17.6 Å². The Morgan fingerprint density at radius 1 is 1.29 bits per heavy atom. The van der Waals surface area contributed by atoms with Crippen molar-refractivity contribution < 1.29 is 18.7 Å². The zero-order chi connectivity index (χ0) is 15.4. The van der Waals surface area contributed by atoms with E-state index < -0.39 is 11.8 Å². The number of piperazine rings is 1. The molecule has 0 bridgehead atoms. The van der Waals surface area contributed by atoms with Gasteiger partial charge in [0.05, 0.1) is 11.3 Å². The summed E-state index contributed by atoms with van der Waals surface area (Å²) in [5, 5.41) is 0. The Bertz CT molecular complexity index is 542. The molecule has 7 heteroatoms. The number of benzene rings is 1. The number of esters is 1. The Morgan fingerprint density at radius 3 is 2.57 bits per heavy atom. The van der Waals surface area contributed by atoms with Crippen LogP contribution in [0.5, 0.6) is 0 Å². The number of hydrogen-bond donors (Lipinski definition) is 1. The van der Waals surface area contributed by atoms with Gasteiger partial charge in [0.1, 0.15) is 5.82 Å². The van der Waals surface area contributed by atoms with Gasteiger partial charge in [-0.1, -0.05) is 0 Å². The van der Waals surface area contributed by atoms with E-state index in [0.29, 0.717) is 13.1 Å². The van der Waals surface area contributed by atoms with Crippen molar-refractivity contribution in [3.8, 4) is 0 Å². The molecule has 2 N–H and O–H groups in total. The van der Waals surface area contributed by atoms with E-state index in [0.717, 1.165) is 19.2 Å². The first-order valence-corrected chi connectivity index (χ1v) is 6.66. The fourth-order valence-corrected chi connectivity index (χ4v) is 2.01. The van der Waals surface area contributed by atoms with Crippen molar-refractivity contribution in [2.45, 2.75) is 0 Å². The molecule has 21 heavy (non-hydrogen) atoms. The van der Waals surface area contributed by atoms with Gasteiger partial charge in [0, 0.05) is 26.2 Å². The highest BCUT2D eigenvalue weighted by molar-refractivity contribution is 5.91. The molecule has 1 amide bonds. The monoisotopic (exact) mass is 295 g/mol. The van der Waals surface area contributed by atoms with Gasteiger partial charge in [-0.25, -0.2) is 9.18 Å². The van der Waals surface area contributed by atoms with Crippen LogP contribution in [0.3, 0.4) is 0 Å². The van der Waals surface area contributed by atoms with E-state index >= 15 is 0 Å². The molecule has 6 nitrogen and oxygen atoms in total. The summed E-state index contributed by atoms with van der Waals surface area (Å²) in [5.41, 5.74) is 5.32. The van der Waals surface area contributed by atoms with Crippen molar-refractivity contribution in [3.05, 3.63) is 29.6 Å². The highest BCUT2D eigenvalue weighted by Crippen LogP contribution is 2.13. The van der Waals surface area contributed by atoms with Crippen molar-refractivity contribution in [2.75, 3.05) is 45.6 Å². The maximum Gasteiger partial charge on any atom is 0.338 e. The first-order chi connectivity index (χ1) is 9.97. The summed E-state index contributed by atoms with van der Waals surface area (Å²) < 4.78 is 18.2. The predicted octanol–water partition coefficient (Wildman–Crippen LogP) is 0.339. The number of carbonyl (C=O) groups excluding carboxylic acids is 2. The lowest BCUT2D eigenvalue weighted by molar-refractivity contribution is -0.136. The first-order valence-electron chi connectivity index (χ1n) is 6.66. The van der Waals surface area contributed by atoms with Crippen molar-refractivity contribution in [3.63, 3.8) is 0 Å². The zero-order valence-electron chi connectivity index (χ0n) is 11.8. The minimum atomic E-state index is -0.739. The second kappa shape index (κ2) is 6.53. The fraction of sp³-hybridized carbons (Fsp3) is 0.429. The summed E-state index contributed by atoms with van der Waals surface area (Å²) in [6.45, 7) is 2.48. The summed E-state index contributed by atoms with van der Waals surface area (Å²) in [4.78, 5) is 27.4. The van der Waals surface area contributed by atoms with Gasteiger partial charge in [0.25, 0.3) is 5.91 Å². The number of hydrogen-bond acceptors (Lipinski definition) is 5. The van der Waals surface area contributed by atoms with Gasteiger partial charge in [0.15, 0.2) is 6.61 Å². The number of nitrogens with zero attached hydrogens (tertiary/aromatic N) is 2. The van der Waals surface area contributed by atoms with E-state index in [1.165, 1.54) is 12.1 Å². The predicted molar refractivity (Wildman–Crippen MR) is 75.2 cm³/mol. The third-order valence-electron chi connectivity index (χ3n) is 3.42. The summed E-state index contributed by atoms with van der Waals surface area (Å²) in [7, 11) is 1.98. The highest BCUT2D eigenvalue weighted by atomic mass is 19.1. The third kappa shape index (κ3) is 3.91. The second-order valence-corrected chi connectivity index (χ2v) is 5.00. The first kappa shape index (κ1) is 15.2. The average Bonchev–Trinajstić information content (AvgIpc) is 2.48. The lowest BCUT2D eigenvalue weighted by Gasteiger charge is -2.32. The van der Waals surface area contributed by atoms with Crippen LogP contribution < -0.4 is 5.73 Å². The van der Waals surface area contributed by atoms with Crippen LogP contribution in [0.2, 0.25) is 0 Å². The number of amides is 1. The molecule has 0 saturated carbocycles. The molecule has 1 aliphatic rings. The standard InChI is InChI=1S/C14H18FN3O3/c1-17-4-6-18(7-5-17)13(19)9-21-14(20)10-2-3-12(16)11(15)8-10/h2-3,8H,4-7,9,16H2,1H3. The molecule has 114 valence electrons. The molecular weight excluding hydrogens is 277 g/mol. The lowest BCUT2D eigenvalue weighted by Crippen LogP contribution is -2.48. The lowest BCUT2D eigenvalue weighted by atomic mass is 10.2. The molecule has 0 aliphatic carbocycles. The van der Waals surface area contributed by atoms with E-state index in [2.05, 4.69) is 4.90 Å². The quantitative estimate of drug-likeness (QED) is 0.643. The van der Waals surface area contributed by atoms with Crippen molar-refractivity contribution in [1.82, 2.24) is 9.80 Å². The van der Waals surface area contributed by atoms with Gasteiger partial charge in [-0.05, 0) is 25.2 Å². The zero-order valence-corrected chi connectivity index (χ0v) is 11.8. The van der Waals surface area contributed by atoms with E-state index in [-0.39, 0.29) is 23.8 Å². The van der Waals surface area contributed by atoms with E-state index in [1.807, 2.05) is 7.05 Å². The number of rotatable bonds is 3. The molecule has 2 rings (SSSR count). The Labute approximate surface area is 122 Å². The summed E-state index contributed by atoms with van der Waals surface area (Å²) in [5.74, 6) is -1.67. The van der Waals surface area contributed by atoms with E-state index in [1.54, 1.807) is 4.90 Å². The van der Waals surface area contributed by atoms with Crippen LogP contribution in [0.1, 0.15) is 10.4 Å². The topological polar surface area (TPSA) is 75.9 Å². The van der Waals surface area contributed by atoms with Crippen molar-refractivity contribution in [2.24, 2.45) is 0 Å². The molecule has 0 radical (unpaired) electrons. The minimum Gasteiger partial charge on any atom is -0.452 e. The number of nitrogen functional groups attached to an aromatic ring is 1. The van der Waals surface area contributed by atoms with Crippen LogP contribution in [0.25, 0.3) is 0 Å². The summed E-state index contributed by atoms with van der Waals surface area (Å²) >= 11 is 0. The van der Waals surface area contributed by atoms with Crippen LogP contribution in [0.4, 0.5) is 10.1 Å². The van der Waals surface area contributed by atoms with E-state index in [9.17, 15) is 14.0 Å². The summed E-state index contributed by atoms with van der Waals surface area (Å²) in [6.07, 6.45) is 0. The number of anilines is 1. The third-order valence-corrected chi connectivity index (χ3v) is 3.42. The van der Waals surface area contributed by atoms with Crippen molar-refractivity contribution in [1.29, 1.82) is 0 Å². The minimum absolute atomic E-state index is 0.0351. The van der Waals surface area contributed by atoms with E-state index in [4.69, 9.17) is 10.5 Å². The Morgan fingerprint density at radius 2 is 1.95 bits per heavy atom. The average molecular weight is 295 g/mol. The molecule has 1 aromatic rings. The van der Waals surface area contributed by atoms with Crippen LogP contribution in [0, 0.1) is 5.82 Å². The molecule has 1 aliphatic heterocycles. The number of carbonyl (C=O) groups is 2. The molecule has 1 fully saturated rings. The van der Waals surface area contributed by atoms with Gasteiger partial charge >= 0.3 is 5.97 Å². The van der Waals surface area contributed by atoms with Gasteiger partial charge < -0.3 is 20.3 Å². The Kier molecular flexibility index (Phi) is 4.74. The van der Waals surface area contributed by atoms with Gasteiger partial charge in [-0.15, -0.1) is 0 Å². The smallest absolute Gasteiger partial charge is 0.338 e. The largest absolute Gasteiger partial charge is 0.452 e. The van der Waals surface area contributed by atoms with Crippen LogP contribution >= 0.6 is 0 Å². The molecule has 1 heterocycles. The molecule has 1 saturated heterocycles. The second-order valence-electron chi connectivity index (χ2n) is 5.00. The fourth-order valence-electron chi connectivity index (χ4n) is 2.01. The maximum absolute atomic E-state index is 13.3. The van der Waals surface area contributed by atoms with Gasteiger partial charge in [-0.3, -0.25) is 4.79 Å².